The molecule has 3 N–H and O–H groups in total. The number of ether oxygens (including phenoxy) is 1. The Hall–Kier alpha value is -1.15. The highest BCUT2D eigenvalue weighted by molar-refractivity contribution is 7.89. The summed E-state index contributed by atoms with van der Waals surface area (Å²) in [5.41, 5.74) is 5.62. The Balaban J connectivity index is 0.00000400. The van der Waals surface area contributed by atoms with Gasteiger partial charge in [-0.15, -0.1) is 12.4 Å². The minimum atomic E-state index is -3.51. The first kappa shape index (κ1) is 19.9. The molecular weight excluding hydrogens is 319 g/mol. The number of hydrogen-bond acceptors (Lipinski definition) is 4. The maximum atomic E-state index is 12.3. The molecular formula is C13H20ClFN2O3S. The van der Waals surface area contributed by atoms with Gasteiger partial charge in [-0.2, -0.15) is 0 Å². The smallest absolute Gasteiger partial charge is 0.240 e. The summed E-state index contributed by atoms with van der Waals surface area (Å²) >= 11 is 0. The number of halogens is 2. The van der Waals surface area contributed by atoms with Gasteiger partial charge in [-0.25, -0.2) is 17.5 Å². The van der Waals surface area contributed by atoms with Gasteiger partial charge in [0.25, 0.3) is 0 Å². The van der Waals surface area contributed by atoms with Gasteiger partial charge in [-0.3, -0.25) is 0 Å². The predicted octanol–water partition coefficient (Wildman–Crippen LogP) is 1.99. The fraction of sp³-hybridized carbons (Fsp3) is 0.385. The lowest BCUT2D eigenvalue weighted by atomic mass is 10.3. The fourth-order valence-electron chi connectivity index (χ4n) is 1.40. The average molecular weight is 339 g/mol. The van der Waals surface area contributed by atoms with Crippen LogP contribution in [0.3, 0.4) is 0 Å². The maximum absolute atomic E-state index is 12.3. The fourth-order valence-corrected chi connectivity index (χ4v) is 2.66. The topological polar surface area (TPSA) is 81.4 Å². The summed E-state index contributed by atoms with van der Waals surface area (Å²) in [5.74, 6) is 0.446. The molecule has 1 aromatic rings. The van der Waals surface area contributed by atoms with Crippen molar-refractivity contribution in [2.24, 2.45) is 5.73 Å². The lowest BCUT2D eigenvalue weighted by molar-refractivity contribution is 0.347. The molecule has 5 nitrogen and oxygen atoms in total. The highest BCUT2D eigenvalue weighted by Crippen LogP contribution is 2.16. The number of sulfonamides is 1. The molecule has 0 aliphatic carbocycles. The van der Waals surface area contributed by atoms with E-state index in [1.807, 2.05) is 0 Å². The van der Waals surface area contributed by atoms with E-state index >= 15 is 0 Å². The molecule has 120 valence electrons. The summed E-state index contributed by atoms with van der Waals surface area (Å²) in [6, 6.07) is 5.71. The maximum Gasteiger partial charge on any atom is 0.240 e. The molecule has 0 radical (unpaired) electrons. The van der Waals surface area contributed by atoms with Crippen LogP contribution in [0, 0.1) is 0 Å². The summed E-state index contributed by atoms with van der Waals surface area (Å²) in [4.78, 5) is 0.152. The Morgan fingerprint density at radius 1 is 1.38 bits per heavy atom. The normalized spacial score (nSPS) is 12.1. The molecule has 0 saturated heterocycles. The van der Waals surface area contributed by atoms with Gasteiger partial charge in [-0.05, 0) is 38.1 Å². The third kappa shape index (κ3) is 6.43. The van der Waals surface area contributed by atoms with Gasteiger partial charge in [0.2, 0.25) is 10.0 Å². The van der Waals surface area contributed by atoms with Crippen molar-refractivity contribution in [1.29, 1.82) is 0 Å². The van der Waals surface area contributed by atoms with Crippen LogP contribution in [0.2, 0.25) is 0 Å². The van der Waals surface area contributed by atoms with E-state index < -0.39 is 10.0 Å². The highest BCUT2D eigenvalue weighted by Gasteiger charge is 2.14. The van der Waals surface area contributed by atoms with Crippen LogP contribution in [0.15, 0.2) is 41.1 Å². The molecule has 0 unspecified atom stereocenters. The van der Waals surface area contributed by atoms with Crippen LogP contribution >= 0.6 is 12.4 Å². The summed E-state index contributed by atoms with van der Waals surface area (Å²) in [5, 5.41) is 0. The second-order valence-corrected chi connectivity index (χ2v) is 6.22. The first-order valence-corrected chi connectivity index (χ1v) is 7.60. The molecule has 0 aliphatic heterocycles. The summed E-state index contributed by atoms with van der Waals surface area (Å²) in [6.45, 7) is 3.59. The van der Waals surface area contributed by atoms with Crippen LogP contribution in [0.1, 0.15) is 13.8 Å². The number of benzene rings is 1. The minimum Gasteiger partial charge on any atom is -0.489 e. The van der Waals surface area contributed by atoms with E-state index in [0.29, 0.717) is 17.7 Å². The lowest BCUT2D eigenvalue weighted by Gasteiger charge is -2.11. The van der Waals surface area contributed by atoms with Crippen LogP contribution in [-0.4, -0.2) is 27.6 Å². The van der Waals surface area contributed by atoms with Crippen molar-refractivity contribution < 1.29 is 17.5 Å². The van der Waals surface area contributed by atoms with Crippen molar-refractivity contribution in [2.45, 2.75) is 24.8 Å². The van der Waals surface area contributed by atoms with Crippen LogP contribution in [-0.2, 0) is 10.0 Å². The second-order valence-electron chi connectivity index (χ2n) is 4.51. The Morgan fingerprint density at radius 3 is 2.38 bits per heavy atom. The predicted molar refractivity (Wildman–Crippen MR) is 82.9 cm³/mol. The molecule has 0 aliphatic rings. The van der Waals surface area contributed by atoms with Crippen molar-refractivity contribution in [2.75, 3.05) is 13.2 Å². The molecule has 0 atom stereocenters. The summed E-state index contributed by atoms with van der Waals surface area (Å²) < 4.78 is 43.8. The highest BCUT2D eigenvalue weighted by atomic mass is 35.5. The molecule has 0 spiro atoms. The molecule has 1 rings (SSSR count). The minimum absolute atomic E-state index is 0. The Labute approximate surface area is 130 Å². The van der Waals surface area contributed by atoms with E-state index in [2.05, 4.69) is 4.72 Å². The van der Waals surface area contributed by atoms with Gasteiger partial charge in [0, 0.05) is 18.2 Å². The quantitative estimate of drug-likeness (QED) is 0.796. The number of rotatable bonds is 7. The SMILES string of the molecule is CC(C)NS(=O)(=O)c1ccc(OC/C(=C/F)CN)cc1.Cl. The van der Waals surface area contributed by atoms with E-state index in [0.717, 1.165) is 0 Å². The average Bonchev–Trinajstić information content (AvgIpc) is 2.39. The Bertz CT molecular complexity index is 559. The van der Waals surface area contributed by atoms with Gasteiger partial charge in [0.15, 0.2) is 0 Å². The first-order chi connectivity index (χ1) is 9.39. The Morgan fingerprint density at radius 2 is 1.95 bits per heavy atom. The molecule has 0 heterocycles. The molecule has 1 aromatic carbocycles. The summed E-state index contributed by atoms with van der Waals surface area (Å²) in [7, 11) is -3.51. The number of nitrogens with two attached hydrogens (primary N) is 1. The Kier molecular flexibility index (Phi) is 8.50. The third-order valence-corrected chi connectivity index (χ3v) is 4.04. The van der Waals surface area contributed by atoms with Crippen molar-refractivity contribution in [3.05, 3.63) is 36.2 Å². The van der Waals surface area contributed by atoms with E-state index in [1.165, 1.54) is 24.3 Å². The van der Waals surface area contributed by atoms with Crippen LogP contribution in [0.5, 0.6) is 5.75 Å². The zero-order valence-corrected chi connectivity index (χ0v) is 13.5. The zero-order chi connectivity index (χ0) is 15.2. The monoisotopic (exact) mass is 338 g/mol. The molecule has 0 saturated carbocycles. The van der Waals surface area contributed by atoms with Gasteiger partial charge in [0.1, 0.15) is 12.4 Å². The van der Waals surface area contributed by atoms with Gasteiger partial charge < -0.3 is 10.5 Å². The van der Waals surface area contributed by atoms with Crippen molar-refractivity contribution in [3.63, 3.8) is 0 Å². The molecule has 0 bridgehead atoms. The van der Waals surface area contributed by atoms with E-state index in [4.69, 9.17) is 10.5 Å². The lowest BCUT2D eigenvalue weighted by Crippen LogP contribution is -2.30. The molecule has 0 amide bonds. The van der Waals surface area contributed by atoms with Crippen LogP contribution < -0.4 is 15.2 Å². The van der Waals surface area contributed by atoms with Crippen LogP contribution in [0.25, 0.3) is 0 Å². The van der Waals surface area contributed by atoms with Crippen molar-refractivity contribution in [1.82, 2.24) is 4.72 Å². The molecule has 0 aromatic heterocycles. The first-order valence-electron chi connectivity index (χ1n) is 6.12. The van der Waals surface area contributed by atoms with E-state index in [1.54, 1.807) is 13.8 Å². The third-order valence-electron chi connectivity index (χ3n) is 2.37. The van der Waals surface area contributed by atoms with Gasteiger partial charge in [-0.1, -0.05) is 0 Å². The summed E-state index contributed by atoms with van der Waals surface area (Å²) in [6.07, 6.45) is 0.408. The van der Waals surface area contributed by atoms with Crippen molar-refractivity contribution >= 4 is 22.4 Å². The largest absolute Gasteiger partial charge is 0.489 e. The molecule has 21 heavy (non-hydrogen) atoms. The molecule has 8 heteroatoms. The van der Waals surface area contributed by atoms with E-state index in [-0.39, 0.29) is 36.5 Å². The van der Waals surface area contributed by atoms with Gasteiger partial charge >= 0.3 is 0 Å². The number of hydrogen-bond donors (Lipinski definition) is 2. The van der Waals surface area contributed by atoms with Gasteiger partial charge in [0.05, 0.1) is 11.2 Å². The standard InChI is InChI=1S/C13H19FN2O3S.ClH/c1-10(2)16-20(17,18)13-5-3-12(4-6-13)19-9-11(7-14)8-15;/h3-7,10,16H,8-9,15H2,1-2H3;1H/b11-7+;. The zero-order valence-electron chi connectivity index (χ0n) is 11.9. The molecule has 0 fully saturated rings. The van der Waals surface area contributed by atoms with Crippen molar-refractivity contribution in [3.8, 4) is 5.75 Å². The van der Waals surface area contributed by atoms with E-state index in [9.17, 15) is 12.8 Å². The number of nitrogens with one attached hydrogen (secondary N) is 1. The second kappa shape index (κ2) is 8.99. The van der Waals surface area contributed by atoms with Crippen LogP contribution in [0.4, 0.5) is 4.39 Å².